The van der Waals surface area contributed by atoms with Gasteiger partial charge in [-0.1, -0.05) is 27.0 Å². The molecule has 0 aromatic heterocycles. The summed E-state index contributed by atoms with van der Waals surface area (Å²) in [5, 5.41) is 7.51. The second kappa shape index (κ2) is 12.4. The largest absolute Gasteiger partial charge is 0.366 e. The number of amides is 1. The topological polar surface area (TPSA) is 121 Å². The van der Waals surface area contributed by atoms with Gasteiger partial charge in [0.15, 0.2) is 0 Å². The first-order chi connectivity index (χ1) is 7.60. The van der Waals surface area contributed by atoms with Crippen LogP contribution in [0.3, 0.4) is 0 Å². The molecule has 0 aromatic rings. The fourth-order valence-electron chi connectivity index (χ4n) is 0.421. The summed E-state index contributed by atoms with van der Waals surface area (Å²) in [7, 11) is -3.72. The van der Waals surface area contributed by atoms with Crippen LogP contribution in [0, 0.1) is 17.2 Å². The van der Waals surface area contributed by atoms with Crippen LogP contribution in [-0.4, -0.2) is 24.6 Å². The van der Waals surface area contributed by atoms with Crippen molar-refractivity contribution in [3.05, 3.63) is 25.3 Å². The highest BCUT2D eigenvalue weighted by molar-refractivity contribution is 7.85. The summed E-state index contributed by atoms with van der Waals surface area (Å²) in [6, 6.07) is 1.69. The third kappa shape index (κ3) is 54.3. The van der Waals surface area contributed by atoms with E-state index in [2.05, 4.69) is 18.9 Å². The molecule has 0 spiro atoms. The Morgan fingerprint density at radius 2 is 1.82 bits per heavy atom. The summed E-state index contributed by atoms with van der Waals surface area (Å²) in [4.78, 5) is 9.47. The van der Waals surface area contributed by atoms with Gasteiger partial charge in [0.25, 0.3) is 10.1 Å². The zero-order valence-electron chi connectivity index (χ0n) is 9.96. The van der Waals surface area contributed by atoms with E-state index in [9.17, 15) is 13.2 Å². The van der Waals surface area contributed by atoms with Crippen molar-refractivity contribution in [3.63, 3.8) is 0 Å². The van der Waals surface area contributed by atoms with Gasteiger partial charge in [0.05, 0.1) is 11.8 Å². The van der Waals surface area contributed by atoms with Crippen molar-refractivity contribution in [1.82, 2.24) is 0 Å². The second-order valence-corrected chi connectivity index (χ2v) is 4.58. The molecular weight excluding hydrogens is 244 g/mol. The number of hydrogen-bond acceptors (Lipinski definition) is 4. The zero-order chi connectivity index (χ0) is 14.5. The Labute approximate surface area is 102 Å². The molecule has 0 unspecified atom stereocenters. The lowest BCUT2D eigenvalue weighted by Crippen LogP contribution is -2.09. The van der Waals surface area contributed by atoms with Crippen LogP contribution in [0.4, 0.5) is 0 Å². The first-order valence-electron chi connectivity index (χ1n) is 4.48. The summed E-state index contributed by atoms with van der Waals surface area (Å²) >= 11 is 0. The molecule has 98 valence electrons. The monoisotopic (exact) mass is 262 g/mol. The van der Waals surface area contributed by atoms with Crippen LogP contribution in [0.2, 0.25) is 0 Å². The van der Waals surface area contributed by atoms with Gasteiger partial charge in [0.1, 0.15) is 0 Å². The third-order valence-electron chi connectivity index (χ3n) is 0.836. The number of nitrogens with two attached hydrogens (primary N) is 1. The molecule has 17 heavy (non-hydrogen) atoms. The van der Waals surface area contributed by atoms with Gasteiger partial charge < -0.3 is 5.73 Å². The van der Waals surface area contributed by atoms with E-state index in [0.717, 1.165) is 6.08 Å². The van der Waals surface area contributed by atoms with Crippen molar-refractivity contribution in [2.75, 3.05) is 5.75 Å². The number of allylic oxidation sites excluding steroid dienone is 1. The van der Waals surface area contributed by atoms with E-state index >= 15 is 0 Å². The molecule has 0 heterocycles. The van der Waals surface area contributed by atoms with Crippen molar-refractivity contribution in [1.29, 1.82) is 5.26 Å². The number of rotatable bonds is 3. The maximum atomic E-state index is 10.00. The maximum absolute atomic E-state index is 10.00. The van der Waals surface area contributed by atoms with Crippen molar-refractivity contribution >= 4 is 16.0 Å². The number of carbonyl (C=O) groups excluding carboxylic acids is 1. The van der Waals surface area contributed by atoms with Crippen LogP contribution in [0.5, 0.6) is 0 Å². The SMILES string of the molecule is C=CC#N.C=CC(N)=O.CC(C)CS(=O)(=O)O. The summed E-state index contributed by atoms with van der Waals surface area (Å²) in [6.07, 6.45) is 2.24. The quantitative estimate of drug-likeness (QED) is 0.444. The zero-order valence-corrected chi connectivity index (χ0v) is 10.8. The average molecular weight is 262 g/mol. The van der Waals surface area contributed by atoms with E-state index in [1.807, 2.05) is 0 Å². The number of hydrogen-bond donors (Lipinski definition) is 2. The highest BCUT2D eigenvalue weighted by Crippen LogP contribution is 1.95. The molecule has 0 radical (unpaired) electrons. The molecule has 0 aromatic carbocycles. The highest BCUT2D eigenvalue weighted by atomic mass is 32.2. The van der Waals surface area contributed by atoms with E-state index in [1.54, 1.807) is 19.9 Å². The molecule has 7 heteroatoms. The van der Waals surface area contributed by atoms with Gasteiger partial charge in [-0.25, -0.2) is 0 Å². The van der Waals surface area contributed by atoms with E-state index in [1.165, 1.54) is 6.08 Å². The predicted octanol–water partition coefficient (Wildman–Crippen LogP) is 0.884. The van der Waals surface area contributed by atoms with Crippen LogP contribution in [0.15, 0.2) is 25.3 Å². The molecule has 1 amide bonds. The Bertz CT molecular complexity index is 366. The Hall–Kier alpha value is -1.65. The Morgan fingerprint density at radius 3 is 1.82 bits per heavy atom. The van der Waals surface area contributed by atoms with Crippen LogP contribution < -0.4 is 5.73 Å². The van der Waals surface area contributed by atoms with Crippen molar-refractivity contribution in [2.24, 2.45) is 11.7 Å². The number of carbonyl (C=O) groups is 1. The maximum Gasteiger partial charge on any atom is 0.265 e. The minimum Gasteiger partial charge on any atom is -0.366 e. The molecule has 6 nitrogen and oxygen atoms in total. The summed E-state index contributed by atoms with van der Waals surface area (Å²) < 4.78 is 28.2. The van der Waals surface area contributed by atoms with Gasteiger partial charge in [-0.05, 0) is 12.0 Å². The van der Waals surface area contributed by atoms with Crippen LogP contribution >= 0.6 is 0 Å². The first-order valence-corrected chi connectivity index (χ1v) is 6.09. The van der Waals surface area contributed by atoms with Crippen molar-refractivity contribution in [3.8, 4) is 6.07 Å². The standard InChI is InChI=1S/C4H10O3S.C3H5NO.C3H3N/c1-4(2)3-8(5,6)7;1-2-3(4)5;1-2-3-4/h4H,3H2,1-2H3,(H,5,6,7);2H,1H2,(H2,4,5);2H,1H2. The molecule has 0 aliphatic heterocycles. The molecule has 3 N–H and O–H groups in total. The highest BCUT2D eigenvalue weighted by Gasteiger charge is 2.05. The number of primary amides is 1. The molecule has 0 bridgehead atoms. The molecule has 0 saturated heterocycles. The normalized spacial score (nSPS) is 8.65. The van der Waals surface area contributed by atoms with Gasteiger partial charge in [-0.3, -0.25) is 9.35 Å². The van der Waals surface area contributed by atoms with Crippen LogP contribution in [-0.2, 0) is 14.9 Å². The third-order valence-corrected chi connectivity index (χ3v) is 1.92. The average Bonchev–Trinajstić information content (AvgIpc) is 2.15. The lowest BCUT2D eigenvalue weighted by atomic mass is 10.3. The van der Waals surface area contributed by atoms with Gasteiger partial charge in [0.2, 0.25) is 5.91 Å². The molecule has 0 rings (SSSR count). The molecular formula is C10H18N2O4S. The summed E-state index contributed by atoms with van der Waals surface area (Å²) in [5.41, 5.74) is 4.53. The molecule has 0 fully saturated rings. The van der Waals surface area contributed by atoms with Gasteiger partial charge in [-0.15, -0.1) is 0 Å². The Balaban J connectivity index is -0.000000188. The second-order valence-electron chi connectivity index (χ2n) is 3.08. The fourth-order valence-corrected chi connectivity index (χ4v) is 1.26. The van der Waals surface area contributed by atoms with E-state index in [4.69, 9.17) is 9.81 Å². The molecule has 0 atom stereocenters. The lowest BCUT2D eigenvalue weighted by Gasteiger charge is -1.97. The van der Waals surface area contributed by atoms with Gasteiger partial charge in [0, 0.05) is 6.08 Å². The Kier molecular flexibility index (Phi) is 15.1. The fraction of sp³-hybridized carbons (Fsp3) is 0.400. The Morgan fingerprint density at radius 1 is 1.53 bits per heavy atom. The molecule has 0 saturated carbocycles. The smallest absolute Gasteiger partial charge is 0.265 e. The van der Waals surface area contributed by atoms with Gasteiger partial charge >= 0.3 is 0 Å². The molecule has 0 aliphatic carbocycles. The van der Waals surface area contributed by atoms with E-state index in [-0.39, 0.29) is 11.7 Å². The van der Waals surface area contributed by atoms with Crippen LogP contribution in [0.25, 0.3) is 0 Å². The van der Waals surface area contributed by atoms with E-state index in [0.29, 0.717) is 0 Å². The number of nitrogens with zero attached hydrogens (tertiary/aromatic N) is 1. The minimum absolute atomic E-state index is 0.00463. The van der Waals surface area contributed by atoms with Gasteiger partial charge in [-0.2, -0.15) is 13.7 Å². The molecule has 0 aliphatic rings. The van der Waals surface area contributed by atoms with E-state index < -0.39 is 16.0 Å². The first kappa shape index (κ1) is 20.7. The minimum atomic E-state index is -3.72. The summed E-state index contributed by atoms with van der Waals surface area (Å²) in [6.45, 7) is 9.66. The summed E-state index contributed by atoms with van der Waals surface area (Å²) in [5.74, 6) is -0.623. The van der Waals surface area contributed by atoms with Crippen molar-refractivity contribution in [2.45, 2.75) is 13.8 Å². The van der Waals surface area contributed by atoms with Crippen LogP contribution in [0.1, 0.15) is 13.8 Å². The predicted molar refractivity (Wildman–Crippen MR) is 66.5 cm³/mol. The number of nitriles is 1. The van der Waals surface area contributed by atoms with Crippen molar-refractivity contribution < 1.29 is 17.8 Å². The lowest BCUT2D eigenvalue weighted by molar-refractivity contribution is -0.113.